The molecule has 9 heteroatoms. The van der Waals surface area contributed by atoms with Gasteiger partial charge in [-0.2, -0.15) is 0 Å². The minimum Gasteiger partial charge on any atom is -0.495 e. The minimum atomic E-state index is -0.733. The Hall–Kier alpha value is -3.00. The Labute approximate surface area is 161 Å². The van der Waals surface area contributed by atoms with E-state index >= 15 is 0 Å². The van der Waals surface area contributed by atoms with E-state index in [2.05, 4.69) is 10.3 Å². The number of nitrogens with two attached hydrogens (primary N) is 1. The lowest BCUT2D eigenvalue weighted by Gasteiger charge is -2.31. The fourth-order valence-corrected chi connectivity index (χ4v) is 2.87. The van der Waals surface area contributed by atoms with Crippen LogP contribution in [0, 0.1) is 6.92 Å². The molecule has 2 amide bonds. The van der Waals surface area contributed by atoms with Gasteiger partial charge in [0.2, 0.25) is 5.91 Å². The second kappa shape index (κ2) is 7.32. The lowest BCUT2D eigenvalue weighted by molar-refractivity contribution is -0.127. The first kappa shape index (κ1) is 18.8. The van der Waals surface area contributed by atoms with Crippen LogP contribution in [0.3, 0.4) is 0 Å². The van der Waals surface area contributed by atoms with Crippen molar-refractivity contribution >= 4 is 40.7 Å². The van der Waals surface area contributed by atoms with Gasteiger partial charge in [-0.1, -0.05) is 11.6 Å². The predicted molar refractivity (Wildman–Crippen MR) is 102 cm³/mol. The Kier molecular flexibility index (Phi) is 5.09. The van der Waals surface area contributed by atoms with Gasteiger partial charge in [0.15, 0.2) is 17.7 Å². The summed E-state index contributed by atoms with van der Waals surface area (Å²) in [5.74, 6) is 0.447. The maximum Gasteiger partial charge on any atom is 0.269 e. The molecule has 27 heavy (non-hydrogen) atoms. The summed E-state index contributed by atoms with van der Waals surface area (Å²) in [7, 11) is 1.48. The van der Waals surface area contributed by atoms with Crippen LogP contribution in [0.25, 0.3) is 0 Å². The number of methoxy groups -OCH3 is 1. The SMILES string of the molecule is COc1cc(Cl)c(C)cc1NC(=O)CN1C(=O)C(C)Oc2ccc(N)nc21. The van der Waals surface area contributed by atoms with Gasteiger partial charge in [-0.25, -0.2) is 4.98 Å². The molecule has 0 radical (unpaired) electrons. The topological polar surface area (TPSA) is 107 Å². The minimum absolute atomic E-state index is 0.215. The van der Waals surface area contributed by atoms with E-state index < -0.39 is 12.0 Å². The summed E-state index contributed by atoms with van der Waals surface area (Å²) in [5, 5.41) is 3.27. The van der Waals surface area contributed by atoms with Crippen LogP contribution in [-0.4, -0.2) is 36.6 Å². The number of nitrogens with one attached hydrogen (secondary N) is 1. The molecule has 1 aromatic heterocycles. The Morgan fingerprint density at radius 2 is 2.19 bits per heavy atom. The van der Waals surface area contributed by atoms with Gasteiger partial charge in [0.25, 0.3) is 5.91 Å². The first-order valence-corrected chi connectivity index (χ1v) is 8.56. The van der Waals surface area contributed by atoms with Crippen LogP contribution < -0.4 is 25.4 Å². The van der Waals surface area contributed by atoms with Crippen LogP contribution in [0.2, 0.25) is 5.02 Å². The molecule has 0 saturated heterocycles. The lowest BCUT2D eigenvalue weighted by Crippen LogP contribution is -2.48. The molecular weight excluding hydrogens is 372 g/mol. The summed E-state index contributed by atoms with van der Waals surface area (Å²) in [6, 6.07) is 6.51. The zero-order chi connectivity index (χ0) is 19.7. The van der Waals surface area contributed by atoms with Crippen LogP contribution in [0.15, 0.2) is 24.3 Å². The van der Waals surface area contributed by atoms with Crippen molar-refractivity contribution in [3.8, 4) is 11.5 Å². The number of nitrogens with zero attached hydrogens (tertiary/aromatic N) is 2. The summed E-state index contributed by atoms with van der Waals surface area (Å²) in [4.78, 5) is 30.5. The summed E-state index contributed by atoms with van der Waals surface area (Å²) in [5.41, 5.74) is 6.95. The second-order valence-electron chi connectivity index (χ2n) is 6.09. The predicted octanol–water partition coefficient (Wildman–Crippen LogP) is 2.39. The van der Waals surface area contributed by atoms with E-state index in [1.807, 2.05) is 6.92 Å². The van der Waals surface area contributed by atoms with Crippen LogP contribution in [0.5, 0.6) is 11.5 Å². The number of halogens is 1. The Morgan fingerprint density at radius 3 is 2.89 bits per heavy atom. The van der Waals surface area contributed by atoms with E-state index in [0.717, 1.165) is 5.56 Å². The Bertz CT molecular complexity index is 918. The van der Waals surface area contributed by atoms with E-state index in [9.17, 15) is 9.59 Å². The number of nitrogen functional groups attached to an aromatic ring is 1. The average Bonchev–Trinajstić information content (AvgIpc) is 2.62. The number of rotatable bonds is 4. The summed E-state index contributed by atoms with van der Waals surface area (Å²) >= 11 is 6.08. The number of aryl methyl sites for hydroxylation is 1. The zero-order valence-electron chi connectivity index (χ0n) is 15.1. The maximum atomic E-state index is 12.6. The molecule has 0 fully saturated rings. The van der Waals surface area contributed by atoms with E-state index in [0.29, 0.717) is 22.2 Å². The van der Waals surface area contributed by atoms with Gasteiger partial charge in [0.1, 0.15) is 18.1 Å². The molecule has 1 aliphatic heterocycles. The molecule has 1 unspecified atom stereocenters. The number of anilines is 3. The summed E-state index contributed by atoms with van der Waals surface area (Å²) in [6.45, 7) is 3.17. The van der Waals surface area contributed by atoms with Gasteiger partial charge in [-0.15, -0.1) is 0 Å². The molecule has 0 spiro atoms. The van der Waals surface area contributed by atoms with Crippen molar-refractivity contribution in [2.75, 3.05) is 29.6 Å². The number of pyridine rings is 1. The molecule has 1 aliphatic rings. The van der Waals surface area contributed by atoms with E-state index in [-0.39, 0.29) is 24.1 Å². The fraction of sp³-hybridized carbons (Fsp3) is 0.278. The lowest BCUT2D eigenvalue weighted by atomic mass is 10.2. The standard InChI is InChI=1S/C18H19ClN4O4/c1-9-6-12(14(26-3)7-11(9)19)21-16(24)8-23-17-13(4-5-15(20)22-17)27-10(2)18(23)25/h4-7,10H,8H2,1-3H3,(H2,20,22)(H,21,24). The first-order valence-electron chi connectivity index (χ1n) is 8.18. The number of fused-ring (bicyclic) bond motifs is 1. The van der Waals surface area contributed by atoms with Crippen molar-refractivity contribution < 1.29 is 19.1 Å². The highest BCUT2D eigenvalue weighted by Gasteiger charge is 2.34. The molecule has 1 aromatic carbocycles. The number of amides is 2. The molecule has 2 aromatic rings. The van der Waals surface area contributed by atoms with Crippen LogP contribution >= 0.6 is 11.6 Å². The average molecular weight is 391 g/mol. The van der Waals surface area contributed by atoms with Crippen molar-refractivity contribution in [2.24, 2.45) is 0 Å². The smallest absolute Gasteiger partial charge is 0.269 e. The third-order valence-corrected chi connectivity index (χ3v) is 4.50. The fourth-order valence-electron chi connectivity index (χ4n) is 2.72. The van der Waals surface area contributed by atoms with Gasteiger partial charge in [0.05, 0.1) is 12.8 Å². The molecule has 3 N–H and O–H groups in total. The number of hydrogen-bond donors (Lipinski definition) is 2. The van der Waals surface area contributed by atoms with Gasteiger partial charge < -0.3 is 20.5 Å². The normalized spacial score (nSPS) is 15.8. The molecule has 3 rings (SSSR count). The third-order valence-electron chi connectivity index (χ3n) is 4.09. The van der Waals surface area contributed by atoms with Gasteiger partial charge in [0, 0.05) is 11.1 Å². The molecule has 0 saturated carbocycles. The van der Waals surface area contributed by atoms with Gasteiger partial charge in [-0.05, 0) is 37.6 Å². The van der Waals surface area contributed by atoms with Crippen molar-refractivity contribution in [3.63, 3.8) is 0 Å². The quantitative estimate of drug-likeness (QED) is 0.830. The number of ether oxygens (including phenoxy) is 2. The Morgan fingerprint density at radius 1 is 1.44 bits per heavy atom. The molecule has 1 atom stereocenters. The number of aromatic nitrogens is 1. The van der Waals surface area contributed by atoms with Crippen molar-refractivity contribution in [1.82, 2.24) is 4.98 Å². The van der Waals surface area contributed by atoms with Crippen LogP contribution in [0.4, 0.5) is 17.3 Å². The molecule has 0 bridgehead atoms. The Balaban J connectivity index is 1.85. The van der Waals surface area contributed by atoms with E-state index in [1.165, 1.54) is 12.0 Å². The number of benzene rings is 1. The molecule has 8 nitrogen and oxygen atoms in total. The monoisotopic (exact) mass is 390 g/mol. The van der Waals surface area contributed by atoms with E-state index in [4.69, 9.17) is 26.8 Å². The van der Waals surface area contributed by atoms with Gasteiger partial charge in [-0.3, -0.25) is 14.5 Å². The van der Waals surface area contributed by atoms with Crippen molar-refractivity contribution in [1.29, 1.82) is 0 Å². The molecular formula is C18H19ClN4O4. The number of hydrogen-bond acceptors (Lipinski definition) is 6. The summed E-state index contributed by atoms with van der Waals surface area (Å²) < 4.78 is 10.8. The number of carbonyl (C=O) groups excluding carboxylic acids is 2. The summed E-state index contributed by atoms with van der Waals surface area (Å²) in [6.07, 6.45) is -0.733. The highest BCUT2D eigenvalue weighted by molar-refractivity contribution is 6.31. The largest absolute Gasteiger partial charge is 0.495 e. The second-order valence-corrected chi connectivity index (χ2v) is 6.50. The number of carbonyl (C=O) groups is 2. The molecule has 142 valence electrons. The highest BCUT2D eigenvalue weighted by atomic mass is 35.5. The van der Waals surface area contributed by atoms with Crippen molar-refractivity contribution in [2.45, 2.75) is 20.0 Å². The maximum absolute atomic E-state index is 12.6. The zero-order valence-corrected chi connectivity index (χ0v) is 15.8. The van der Waals surface area contributed by atoms with Crippen molar-refractivity contribution in [3.05, 3.63) is 34.9 Å². The third kappa shape index (κ3) is 3.75. The molecule has 0 aliphatic carbocycles. The van der Waals surface area contributed by atoms with E-state index in [1.54, 1.807) is 31.2 Å². The van der Waals surface area contributed by atoms with Crippen LogP contribution in [-0.2, 0) is 9.59 Å². The molecule has 2 heterocycles. The van der Waals surface area contributed by atoms with Gasteiger partial charge >= 0.3 is 0 Å². The van der Waals surface area contributed by atoms with Crippen LogP contribution in [0.1, 0.15) is 12.5 Å². The first-order chi connectivity index (χ1) is 12.8. The highest BCUT2D eigenvalue weighted by Crippen LogP contribution is 2.34.